The van der Waals surface area contributed by atoms with Crippen LogP contribution in [0, 0.1) is 6.92 Å². The topological polar surface area (TPSA) is 3.88 Å². The Balaban J connectivity index is 0.00000208. The Morgan fingerprint density at radius 1 is 0.958 bits per heavy atom. The molecule has 0 aliphatic heterocycles. The minimum absolute atomic E-state index is 0. The Morgan fingerprint density at radius 3 is 2.46 bits per heavy atom. The van der Waals surface area contributed by atoms with Gasteiger partial charge in [0.05, 0.1) is 0 Å². The average molecular weight is 470 g/mol. The summed E-state index contributed by atoms with van der Waals surface area (Å²) < 4.78 is 2.30. The third kappa shape index (κ3) is 4.11. The number of halogens is 3. The molecular weight excluding hydrogens is 452 g/mol. The smallest absolute Gasteiger partial charge is 0.212 e. The zero-order valence-electron chi connectivity index (χ0n) is 13.6. The Morgan fingerprint density at radius 2 is 1.75 bits per heavy atom. The van der Waals surface area contributed by atoms with E-state index in [0.29, 0.717) is 10.0 Å². The molecule has 0 atom stereocenters. The fourth-order valence-corrected chi connectivity index (χ4v) is 3.24. The van der Waals surface area contributed by atoms with Crippen LogP contribution in [-0.4, -0.2) is 0 Å². The molecule has 4 heteroatoms. The maximum absolute atomic E-state index is 6.24. The summed E-state index contributed by atoms with van der Waals surface area (Å²) in [7, 11) is 0. The molecule has 0 N–H and O–H groups in total. The van der Waals surface area contributed by atoms with Crippen LogP contribution in [0.15, 0.2) is 48.5 Å². The van der Waals surface area contributed by atoms with E-state index in [1.165, 1.54) is 16.5 Å². The van der Waals surface area contributed by atoms with Gasteiger partial charge in [-0.05, 0) is 49.8 Å². The van der Waals surface area contributed by atoms with Crippen molar-refractivity contribution in [1.29, 1.82) is 0 Å². The molecule has 0 bridgehead atoms. The van der Waals surface area contributed by atoms with Crippen molar-refractivity contribution in [3.63, 3.8) is 0 Å². The second-order valence-electron chi connectivity index (χ2n) is 5.56. The summed E-state index contributed by atoms with van der Waals surface area (Å²) >= 11 is 12.2. The zero-order valence-corrected chi connectivity index (χ0v) is 17.2. The highest BCUT2D eigenvalue weighted by atomic mass is 127. The van der Waals surface area contributed by atoms with Crippen LogP contribution >= 0.6 is 23.2 Å². The number of rotatable bonds is 3. The van der Waals surface area contributed by atoms with Crippen molar-refractivity contribution in [2.24, 2.45) is 0 Å². The van der Waals surface area contributed by atoms with Gasteiger partial charge in [0, 0.05) is 33.6 Å². The first kappa shape index (κ1) is 19.2. The summed E-state index contributed by atoms with van der Waals surface area (Å²) in [6.07, 6.45) is 4.12. The predicted octanol–water partition coefficient (Wildman–Crippen LogP) is 2.94. The summed E-state index contributed by atoms with van der Waals surface area (Å²) in [5.74, 6) is 0. The fourth-order valence-electron chi connectivity index (χ4n) is 2.77. The van der Waals surface area contributed by atoms with Crippen LogP contribution in [0.4, 0.5) is 0 Å². The highest BCUT2D eigenvalue weighted by molar-refractivity contribution is 6.35. The van der Waals surface area contributed by atoms with Gasteiger partial charge >= 0.3 is 0 Å². The Labute approximate surface area is 169 Å². The van der Waals surface area contributed by atoms with Crippen LogP contribution in [-0.2, 0) is 6.54 Å². The van der Waals surface area contributed by atoms with E-state index in [2.05, 4.69) is 54.8 Å². The van der Waals surface area contributed by atoms with Gasteiger partial charge in [0.2, 0.25) is 11.2 Å². The highest BCUT2D eigenvalue weighted by Gasteiger charge is 2.12. The van der Waals surface area contributed by atoms with E-state index in [4.69, 9.17) is 23.2 Å². The first-order valence-electron chi connectivity index (χ1n) is 7.65. The summed E-state index contributed by atoms with van der Waals surface area (Å²) in [5.41, 5.74) is 4.62. The molecule has 1 heterocycles. The maximum atomic E-state index is 6.24. The van der Waals surface area contributed by atoms with E-state index in [9.17, 15) is 0 Å². The van der Waals surface area contributed by atoms with Gasteiger partial charge in [-0.1, -0.05) is 40.9 Å². The Hall–Kier alpha value is -1.10. The molecule has 0 saturated heterocycles. The van der Waals surface area contributed by atoms with Crippen LogP contribution in [0.5, 0.6) is 0 Å². The molecule has 3 rings (SSSR count). The van der Waals surface area contributed by atoms with Crippen LogP contribution in [0.25, 0.3) is 23.1 Å². The van der Waals surface area contributed by atoms with Gasteiger partial charge in [-0.2, -0.15) is 4.57 Å². The number of nitrogens with zero attached hydrogens (tertiary/aromatic N) is 1. The molecule has 2 aromatic carbocycles. The molecule has 1 aromatic heterocycles. The molecular formula is C20H18Cl2IN. The largest absolute Gasteiger partial charge is 1.00 e. The molecule has 0 radical (unpaired) electrons. The van der Waals surface area contributed by atoms with Gasteiger partial charge in [0.15, 0.2) is 0 Å². The van der Waals surface area contributed by atoms with E-state index < -0.39 is 0 Å². The van der Waals surface area contributed by atoms with E-state index in [1.54, 1.807) is 6.07 Å². The number of benzene rings is 2. The molecule has 0 amide bonds. The Kier molecular flexibility index (Phi) is 6.67. The standard InChI is InChI=1S/C20H18Cl2N.HI/c1-3-23-18(9-6-15-5-8-17(21)13-19(15)22)10-7-16-12-14(2)4-11-20(16)23;/h4-13H,3H2,1-2H3;1H/q+1;/p-1/b9-6+;. The van der Waals surface area contributed by atoms with Gasteiger partial charge in [-0.3, -0.25) is 0 Å². The normalized spacial score (nSPS) is 11.0. The average Bonchev–Trinajstić information content (AvgIpc) is 2.53. The highest BCUT2D eigenvalue weighted by Crippen LogP contribution is 2.23. The zero-order chi connectivity index (χ0) is 16.4. The van der Waals surface area contributed by atoms with Crippen LogP contribution in [0.3, 0.4) is 0 Å². The summed E-state index contributed by atoms with van der Waals surface area (Å²) in [5, 5.41) is 2.57. The molecule has 0 aliphatic rings. The van der Waals surface area contributed by atoms with E-state index in [-0.39, 0.29) is 24.0 Å². The second kappa shape index (κ2) is 8.32. The van der Waals surface area contributed by atoms with Crippen molar-refractivity contribution in [2.45, 2.75) is 20.4 Å². The molecule has 0 unspecified atom stereocenters. The number of hydrogen-bond donors (Lipinski definition) is 0. The number of pyridine rings is 1. The van der Waals surface area contributed by atoms with Crippen molar-refractivity contribution in [2.75, 3.05) is 0 Å². The summed E-state index contributed by atoms with van der Waals surface area (Å²) in [6, 6.07) is 16.4. The van der Waals surface area contributed by atoms with Gasteiger partial charge < -0.3 is 24.0 Å². The first-order chi connectivity index (χ1) is 11.1. The second-order valence-corrected chi connectivity index (χ2v) is 6.41. The van der Waals surface area contributed by atoms with Crippen molar-refractivity contribution < 1.29 is 28.5 Å². The molecule has 0 aliphatic carbocycles. The van der Waals surface area contributed by atoms with Crippen LogP contribution < -0.4 is 28.5 Å². The van der Waals surface area contributed by atoms with Crippen molar-refractivity contribution in [3.05, 3.63) is 75.4 Å². The molecule has 0 saturated carbocycles. The molecule has 124 valence electrons. The summed E-state index contributed by atoms with van der Waals surface area (Å²) in [4.78, 5) is 0. The van der Waals surface area contributed by atoms with Gasteiger partial charge in [-0.25, -0.2) is 0 Å². The fraction of sp³-hybridized carbons (Fsp3) is 0.150. The summed E-state index contributed by atoms with van der Waals surface area (Å²) in [6.45, 7) is 5.19. The van der Waals surface area contributed by atoms with Crippen molar-refractivity contribution >= 4 is 46.3 Å². The maximum Gasteiger partial charge on any atom is 0.212 e. The van der Waals surface area contributed by atoms with Gasteiger partial charge in [-0.15, -0.1) is 0 Å². The van der Waals surface area contributed by atoms with E-state index in [0.717, 1.165) is 17.8 Å². The van der Waals surface area contributed by atoms with Crippen LogP contribution in [0.2, 0.25) is 10.0 Å². The predicted molar refractivity (Wildman–Crippen MR) is 99.9 cm³/mol. The minimum Gasteiger partial charge on any atom is -1.00 e. The van der Waals surface area contributed by atoms with Crippen molar-refractivity contribution in [3.8, 4) is 0 Å². The molecule has 3 aromatic rings. The van der Waals surface area contributed by atoms with Gasteiger partial charge in [0.25, 0.3) is 0 Å². The monoisotopic (exact) mass is 469 g/mol. The Bertz CT molecular complexity index is 904. The number of fused-ring (bicyclic) bond motifs is 1. The third-order valence-electron chi connectivity index (χ3n) is 3.93. The third-order valence-corrected chi connectivity index (χ3v) is 4.49. The lowest BCUT2D eigenvalue weighted by Gasteiger charge is -2.04. The number of aromatic nitrogens is 1. The lowest BCUT2D eigenvalue weighted by Crippen LogP contribution is -3.00. The molecule has 1 nitrogen and oxygen atoms in total. The number of hydrogen-bond acceptors (Lipinski definition) is 0. The lowest BCUT2D eigenvalue weighted by molar-refractivity contribution is -0.669. The van der Waals surface area contributed by atoms with E-state index >= 15 is 0 Å². The quantitative estimate of drug-likeness (QED) is 0.410. The van der Waals surface area contributed by atoms with Gasteiger partial charge in [0.1, 0.15) is 6.54 Å². The molecule has 0 fully saturated rings. The molecule has 24 heavy (non-hydrogen) atoms. The lowest BCUT2D eigenvalue weighted by atomic mass is 10.1. The molecule has 0 spiro atoms. The van der Waals surface area contributed by atoms with Crippen LogP contribution in [0.1, 0.15) is 23.7 Å². The van der Waals surface area contributed by atoms with E-state index in [1.807, 2.05) is 18.2 Å². The van der Waals surface area contributed by atoms with Crippen molar-refractivity contribution in [1.82, 2.24) is 0 Å². The SMILES string of the molecule is CC[n+]1c(/C=C/c2ccc(Cl)cc2Cl)ccc2cc(C)ccc21.[I-]. The first-order valence-corrected chi connectivity index (χ1v) is 8.40. The minimum atomic E-state index is 0. The number of aryl methyl sites for hydroxylation is 2.